The van der Waals surface area contributed by atoms with Crippen molar-refractivity contribution in [3.05, 3.63) is 11.8 Å². The van der Waals surface area contributed by atoms with Gasteiger partial charge in [-0.25, -0.2) is 4.79 Å². The Morgan fingerprint density at radius 1 is 1.44 bits per heavy atom. The van der Waals surface area contributed by atoms with Gasteiger partial charge in [0.15, 0.2) is 0 Å². The summed E-state index contributed by atoms with van der Waals surface area (Å²) in [5, 5.41) is 16.2. The van der Waals surface area contributed by atoms with E-state index in [4.69, 9.17) is 14.3 Å². The normalized spacial score (nSPS) is 16.8. The maximum Gasteiger partial charge on any atom is 0.329 e. The van der Waals surface area contributed by atoms with E-state index in [-0.39, 0.29) is 13.2 Å². The van der Waals surface area contributed by atoms with Crippen LogP contribution >= 0.6 is 0 Å². The number of aromatic nitrogens is 2. The van der Waals surface area contributed by atoms with Crippen molar-refractivity contribution < 1.29 is 19.1 Å². The summed E-state index contributed by atoms with van der Waals surface area (Å²) in [5.41, 5.74) is 0. The third-order valence-electron chi connectivity index (χ3n) is 2.64. The molecule has 1 fully saturated rings. The molecule has 0 aromatic carbocycles. The highest BCUT2D eigenvalue weighted by molar-refractivity contribution is 5.67. The summed E-state index contributed by atoms with van der Waals surface area (Å²) in [6.45, 7) is -0.285. The van der Waals surface area contributed by atoms with Crippen molar-refractivity contribution in [2.24, 2.45) is 0 Å². The number of nitrogens with zero attached hydrogens (tertiary/aromatic N) is 2. The van der Waals surface area contributed by atoms with Crippen LogP contribution in [0.5, 0.6) is 0 Å². The summed E-state index contributed by atoms with van der Waals surface area (Å²) in [4.78, 5) is 10.2. The Labute approximate surface area is 92.6 Å². The van der Waals surface area contributed by atoms with Gasteiger partial charge in [0.25, 0.3) is 0 Å². The van der Waals surface area contributed by atoms with Gasteiger partial charge in [0.2, 0.25) is 11.8 Å². The number of hydrogen-bond donors (Lipinski definition) is 1. The molecular formula is C10H14N2O4. The predicted molar refractivity (Wildman–Crippen MR) is 52.8 cm³/mol. The third kappa shape index (κ3) is 2.79. The second-order valence-corrected chi connectivity index (χ2v) is 3.90. The van der Waals surface area contributed by atoms with Crippen molar-refractivity contribution in [3.63, 3.8) is 0 Å². The van der Waals surface area contributed by atoms with Crippen LogP contribution in [0.2, 0.25) is 0 Å². The summed E-state index contributed by atoms with van der Waals surface area (Å²) >= 11 is 0. The smallest absolute Gasteiger partial charge is 0.329 e. The van der Waals surface area contributed by atoms with Crippen LogP contribution in [0.15, 0.2) is 4.42 Å². The lowest BCUT2D eigenvalue weighted by molar-refractivity contribution is -0.142. The molecule has 0 bridgehead atoms. The number of carboxylic acid groups (broad SMARTS) is 1. The molecule has 2 rings (SSSR count). The minimum Gasteiger partial charge on any atom is -0.480 e. The summed E-state index contributed by atoms with van der Waals surface area (Å²) in [6.07, 6.45) is 4.60. The molecular weight excluding hydrogens is 212 g/mol. The first-order chi connectivity index (χ1) is 7.75. The van der Waals surface area contributed by atoms with Crippen LogP contribution in [0.3, 0.4) is 0 Å². The molecule has 6 heteroatoms. The molecule has 1 heterocycles. The lowest BCUT2D eigenvalue weighted by atomic mass is 10.1. The number of hydrogen-bond acceptors (Lipinski definition) is 5. The summed E-state index contributed by atoms with van der Waals surface area (Å²) in [7, 11) is 0. The first-order valence-electron chi connectivity index (χ1n) is 5.37. The molecule has 0 amide bonds. The van der Waals surface area contributed by atoms with Gasteiger partial charge in [0.05, 0.1) is 0 Å². The van der Waals surface area contributed by atoms with Gasteiger partial charge in [0, 0.05) is 5.92 Å². The monoisotopic (exact) mass is 226 g/mol. The summed E-state index contributed by atoms with van der Waals surface area (Å²) in [6, 6.07) is 0. The fourth-order valence-corrected chi connectivity index (χ4v) is 1.89. The van der Waals surface area contributed by atoms with Crippen LogP contribution in [0.25, 0.3) is 0 Å². The molecule has 0 spiro atoms. The van der Waals surface area contributed by atoms with Crippen LogP contribution in [-0.4, -0.2) is 27.9 Å². The average Bonchev–Trinajstić information content (AvgIpc) is 2.85. The van der Waals surface area contributed by atoms with Gasteiger partial charge < -0.3 is 14.3 Å². The maximum absolute atomic E-state index is 10.2. The van der Waals surface area contributed by atoms with E-state index in [1.807, 2.05) is 0 Å². The van der Waals surface area contributed by atoms with Crippen LogP contribution < -0.4 is 0 Å². The fourth-order valence-electron chi connectivity index (χ4n) is 1.89. The Morgan fingerprint density at radius 3 is 2.88 bits per heavy atom. The molecule has 6 nitrogen and oxygen atoms in total. The molecule has 1 aromatic heterocycles. The first kappa shape index (κ1) is 11.1. The van der Waals surface area contributed by atoms with Gasteiger partial charge in [-0.15, -0.1) is 10.2 Å². The van der Waals surface area contributed by atoms with Crippen molar-refractivity contribution >= 4 is 5.97 Å². The maximum atomic E-state index is 10.2. The lowest BCUT2D eigenvalue weighted by Crippen LogP contribution is -2.06. The highest BCUT2D eigenvalue weighted by atomic mass is 16.5. The van der Waals surface area contributed by atoms with Gasteiger partial charge in [-0.05, 0) is 12.8 Å². The first-order valence-corrected chi connectivity index (χ1v) is 5.37. The third-order valence-corrected chi connectivity index (χ3v) is 2.64. The SMILES string of the molecule is O=C(O)COCc1nnc(C2CCCC2)o1. The highest BCUT2D eigenvalue weighted by Gasteiger charge is 2.22. The molecule has 0 saturated heterocycles. The summed E-state index contributed by atoms with van der Waals surface area (Å²) < 4.78 is 10.3. The molecule has 16 heavy (non-hydrogen) atoms. The number of carboxylic acids is 1. The topological polar surface area (TPSA) is 85.5 Å². The highest BCUT2D eigenvalue weighted by Crippen LogP contribution is 2.33. The molecule has 1 N–H and O–H groups in total. The van der Waals surface area contributed by atoms with E-state index in [9.17, 15) is 4.79 Å². The van der Waals surface area contributed by atoms with Crippen LogP contribution in [0.1, 0.15) is 43.4 Å². The number of rotatable bonds is 5. The van der Waals surface area contributed by atoms with E-state index in [2.05, 4.69) is 10.2 Å². The van der Waals surface area contributed by atoms with Gasteiger partial charge in [-0.1, -0.05) is 12.8 Å². The molecule has 1 aromatic rings. The van der Waals surface area contributed by atoms with E-state index in [1.165, 1.54) is 12.8 Å². The Bertz CT molecular complexity index is 357. The Hall–Kier alpha value is -1.43. The van der Waals surface area contributed by atoms with Crippen molar-refractivity contribution in [2.75, 3.05) is 6.61 Å². The minimum absolute atomic E-state index is 0.0615. The predicted octanol–water partition coefficient (Wildman–Crippen LogP) is 1.33. The molecule has 0 aliphatic heterocycles. The van der Waals surface area contributed by atoms with Crippen LogP contribution in [-0.2, 0) is 16.1 Å². The van der Waals surface area contributed by atoms with E-state index >= 15 is 0 Å². The van der Waals surface area contributed by atoms with E-state index in [0.717, 1.165) is 12.8 Å². The van der Waals surface area contributed by atoms with Crippen molar-refractivity contribution in [2.45, 2.75) is 38.2 Å². The van der Waals surface area contributed by atoms with Crippen LogP contribution in [0.4, 0.5) is 0 Å². The number of carbonyl (C=O) groups is 1. The van der Waals surface area contributed by atoms with Crippen molar-refractivity contribution in [1.82, 2.24) is 10.2 Å². The van der Waals surface area contributed by atoms with E-state index in [0.29, 0.717) is 17.7 Å². The Morgan fingerprint density at radius 2 is 2.19 bits per heavy atom. The molecule has 88 valence electrons. The Balaban J connectivity index is 1.84. The zero-order valence-corrected chi connectivity index (χ0v) is 8.89. The lowest BCUT2D eigenvalue weighted by Gasteiger charge is -2.00. The molecule has 0 atom stereocenters. The minimum atomic E-state index is -1.00. The Kier molecular flexibility index (Phi) is 3.51. The molecule has 1 aliphatic rings. The fraction of sp³-hybridized carbons (Fsp3) is 0.700. The number of aliphatic carboxylic acids is 1. The van der Waals surface area contributed by atoms with Gasteiger partial charge >= 0.3 is 5.97 Å². The zero-order chi connectivity index (χ0) is 11.4. The zero-order valence-electron chi connectivity index (χ0n) is 8.89. The molecule has 1 saturated carbocycles. The average molecular weight is 226 g/mol. The largest absolute Gasteiger partial charge is 0.480 e. The second-order valence-electron chi connectivity index (χ2n) is 3.90. The number of ether oxygens (including phenoxy) is 1. The van der Waals surface area contributed by atoms with Gasteiger partial charge in [0.1, 0.15) is 13.2 Å². The second kappa shape index (κ2) is 5.07. The standard InChI is InChI=1S/C10H14N2O4/c13-9(14)6-15-5-8-11-12-10(16-8)7-3-1-2-4-7/h7H,1-6H2,(H,13,14). The van der Waals surface area contributed by atoms with Crippen LogP contribution in [0, 0.1) is 0 Å². The molecule has 1 aliphatic carbocycles. The quantitative estimate of drug-likeness (QED) is 0.815. The molecule has 0 unspecified atom stereocenters. The van der Waals surface area contributed by atoms with Gasteiger partial charge in [-0.2, -0.15) is 0 Å². The van der Waals surface area contributed by atoms with Crippen molar-refractivity contribution in [3.8, 4) is 0 Å². The summed E-state index contributed by atoms with van der Waals surface area (Å²) in [5.74, 6) is 0.380. The van der Waals surface area contributed by atoms with Crippen molar-refractivity contribution in [1.29, 1.82) is 0 Å². The van der Waals surface area contributed by atoms with E-state index < -0.39 is 5.97 Å². The van der Waals surface area contributed by atoms with Gasteiger partial charge in [-0.3, -0.25) is 0 Å². The van der Waals surface area contributed by atoms with E-state index in [1.54, 1.807) is 0 Å². The molecule has 0 radical (unpaired) electrons.